The number of amides is 1. The van der Waals surface area contributed by atoms with Gasteiger partial charge in [-0.2, -0.15) is 0 Å². The molecule has 0 aliphatic rings. The lowest BCUT2D eigenvalue weighted by molar-refractivity contribution is -0.142. The summed E-state index contributed by atoms with van der Waals surface area (Å²) in [7, 11) is 0. The van der Waals surface area contributed by atoms with E-state index in [1.165, 1.54) is 28.4 Å². The minimum absolute atomic E-state index is 0.0604. The fourth-order valence-electron chi connectivity index (χ4n) is 1.38. The third-order valence-corrected chi connectivity index (χ3v) is 3.09. The van der Waals surface area contributed by atoms with Crippen LogP contribution in [0.2, 0.25) is 0 Å². The molecule has 1 atom stereocenters. The van der Waals surface area contributed by atoms with E-state index in [1.54, 1.807) is 17.5 Å². The Balaban J connectivity index is 2.01. The molecule has 2 aromatic heterocycles. The average molecular weight is 266 g/mol. The number of carbonyl (C=O) groups is 2. The van der Waals surface area contributed by atoms with Crippen molar-refractivity contribution in [2.75, 3.05) is 0 Å². The highest BCUT2D eigenvalue weighted by Gasteiger charge is 2.22. The molecule has 0 fully saturated rings. The summed E-state index contributed by atoms with van der Waals surface area (Å²) in [6, 6.07) is 2.37. The van der Waals surface area contributed by atoms with E-state index in [0.717, 1.165) is 0 Å². The van der Waals surface area contributed by atoms with Gasteiger partial charge in [-0.05, 0) is 11.4 Å². The van der Waals surface area contributed by atoms with Crippen molar-refractivity contribution >= 4 is 23.2 Å². The standard InChI is InChI=1S/C10H10N4O3S/c15-8(6-14-4-3-11-13-14)12-9(10(16)17)7-2-1-5-18-7/h1-5,9H,6H2,(H,12,15)(H,16,17). The Morgan fingerprint density at radius 3 is 2.94 bits per heavy atom. The van der Waals surface area contributed by atoms with E-state index in [9.17, 15) is 9.59 Å². The third-order valence-electron chi connectivity index (χ3n) is 2.16. The van der Waals surface area contributed by atoms with Crippen molar-refractivity contribution in [2.24, 2.45) is 0 Å². The number of hydrogen-bond donors (Lipinski definition) is 2. The molecule has 0 spiro atoms. The first-order valence-electron chi connectivity index (χ1n) is 5.06. The summed E-state index contributed by atoms with van der Waals surface area (Å²) in [5, 5.41) is 20.5. The van der Waals surface area contributed by atoms with Crippen LogP contribution in [-0.2, 0) is 16.1 Å². The summed E-state index contributed by atoms with van der Waals surface area (Å²) in [4.78, 5) is 23.3. The van der Waals surface area contributed by atoms with E-state index in [4.69, 9.17) is 5.11 Å². The number of carboxylic acid groups (broad SMARTS) is 1. The van der Waals surface area contributed by atoms with Crippen LogP contribution < -0.4 is 5.32 Å². The summed E-state index contributed by atoms with van der Waals surface area (Å²) in [6.45, 7) is -0.0604. The molecule has 2 rings (SSSR count). The van der Waals surface area contributed by atoms with Crippen LogP contribution in [0.15, 0.2) is 29.9 Å². The zero-order chi connectivity index (χ0) is 13.0. The number of nitrogens with one attached hydrogen (secondary N) is 1. The number of carboxylic acids is 1. The molecule has 0 aromatic carbocycles. The van der Waals surface area contributed by atoms with Gasteiger partial charge in [0.15, 0.2) is 6.04 Å². The van der Waals surface area contributed by atoms with Crippen LogP contribution in [0, 0.1) is 0 Å². The summed E-state index contributed by atoms with van der Waals surface area (Å²) < 4.78 is 1.32. The first kappa shape index (κ1) is 12.2. The van der Waals surface area contributed by atoms with E-state index >= 15 is 0 Å². The van der Waals surface area contributed by atoms with E-state index in [0.29, 0.717) is 4.88 Å². The highest BCUT2D eigenvalue weighted by atomic mass is 32.1. The van der Waals surface area contributed by atoms with Crippen molar-refractivity contribution in [2.45, 2.75) is 12.6 Å². The molecule has 2 N–H and O–H groups in total. The monoisotopic (exact) mass is 266 g/mol. The lowest BCUT2D eigenvalue weighted by Crippen LogP contribution is -2.35. The van der Waals surface area contributed by atoms with E-state index < -0.39 is 17.9 Å². The molecule has 0 aliphatic carbocycles. The molecule has 1 unspecified atom stereocenters. The first-order valence-corrected chi connectivity index (χ1v) is 5.94. The lowest BCUT2D eigenvalue weighted by atomic mass is 10.2. The third kappa shape index (κ3) is 2.92. The molecule has 2 heterocycles. The van der Waals surface area contributed by atoms with Crippen LogP contribution >= 0.6 is 11.3 Å². The number of nitrogens with zero attached hydrogens (tertiary/aromatic N) is 3. The number of aromatic nitrogens is 3. The van der Waals surface area contributed by atoms with Crippen molar-refractivity contribution in [3.05, 3.63) is 34.8 Å². The fourth-order valence-corrected chi connectivity index (χ4v) is 2.15. The molecule has 2 aromatic rings. The Labute approximate surface area is 106 Å². The number of thiophene rings is 1. The van der Waals surface area contributed by atoms with Gasteiger partial charge < -0.3 is 10.4 Å². The molecule has 0 saturated carbocycles. The van der Waals surface area contributed by atoms with Crippen LogP contribution in [0.4, 0.5) is 0 Å². The van der Waals surface area contributed by atoms with Gasteiger partial charge in [-0.1, -0.05) is 11.3 Å². The van der Waals surface area contributed by atoms with Crippen molar-refractivity contribution in [1.29, 1.82) is 0 Å². The van der Waals surface area contributed by atoms with E-state index in [-0.39, 0.29) is 6.54 Å². The van der Waals surface area contributed by atoms with Crippen LogP contribution in [0.3, 0.4) is 0 Å². The molecule has 18 heavy (non-hydrogen) atoms. The van der Waals surface area contributed by atoms with Gasteiger partial charge in [-0.25, -0.2) is 9.48 Å². The van der Waals surface area contributed by atoms with Gasteiger partial charge in [0.1, 0.15) is 6.54 Å². The van der Waals surface area contributed by atoms with Crippen molar-refractivity contribution in [3.8, 4) is 0 Å². The number of aliphatic carboxylic acids is 1. The molecule has 1 amide bonds. The molecule has 0 saturated heterocycles. The highest BCUT2D eigenvalue weighted by Crippen LogP contribution is 2.19. The van der Waals surface area contributed by atoms with Gasteiger partial charge in [-0.15, -0.1) is 16.4 Å². The first-order chi connectivity index (χ1) is 8.66. The minimum Gasteiger partial charge on any atom is -0.479 e. The Morgan fingerprint density at radius 2 is 2.39 bits per heavy atom. The maximum absolute atomic E-state index is 11.7. The molecule has 0 bridgehead atoms. The topological polar surface area (TPSA) is 97.1 Å². The van der Waals surface area contributed by atoms with Crippen molar-refractivity contribution < 1.29 is 14.7 Å². The van der Waals surface area contributed by atoms with Gasteiger partial charge in [0.25, 0.3) is 0 Å². The molecule has 8 heteroatoms. The van der Waals surface area contributed by atoms with E-state index in [1.807, 2.05) is 0 Å². The SMILES string of the molecule is O=C(Cn1ccnn1)NC(C(=O)O)c1cccs1. The molecule has 0 aliphatic heterocycles. The Morgan fingerprint density at radius 1 is 1.56 bits per heavy atom. The Hall–Kier alpha value is -2.22. The summed E-state index contributed by atoms with van der Waals surface area (Å²) in [5.41, 5.74) is 0. The number of hydrogen-bond acceptors (Lipinski definition) is 5. The average Bonchev–Trinajstić information content (AvgIpc) is 2.97. The molecule has 94 valence electrons. The van der Waals surface area contributed by atoms with Gasteiger partial charge in [0.2, 0.25) is 5.91 Å². The van der Waals surface area contributed by atoms with Crippen LogP contribution in [-0.4, -0.2) is 32.0 Å². The lowest BCUT2D eigenvalue weighted by Gasteiger charge is -2.12. The predicted octanol–water partition coefficient (Wildman–Crippen LogP) is 0.282. The van der Waals surface area contributed by atoms with E-state index in [2.05, 4.69) is 15.6 Å². The van der Waals surface area contributed by atoms with Gasteiger partial charge in [0, 0.05) is 11.1 Å². The smallest absolute Gasteiger partial charge is 0.331 e. The summed E-state index contributed by atoms with van der Waals surface area (Å²) in [6.07, 6.45) is 2.97. The minimum atomic E-state index is -1.09. The van der Waals surface area contributed by atoms with Gasteiger partial charge in [0.05, 0.1) is 6.20 Å². The van der Waals surface area contributed by atoms with Gasteiger partial charge in [-0.3, -0.25) is 4.79 Å². The second-order valence-electron chi connectivity index (χ2n) is 3.45. The van der Waals surface area contributed by atoms with Crippen LogP contribution in [0.5, 0.6) is 0 Å². The number of carbonyl (C=O) groups excluding carboxylic acids is 1. The number of rotatable bonds is 5. The summed E-state index contributed by atoms with van der Waals surface area (Å²) in [5.74, 6) is -1.52. The van der Waals surface area contributed by atoms with Gasteiger partial charge >= 0.3 is 5.97 Å². The quantitative estimate of drug-likeness (QED) is 0.810. The maximum Gasteiger partial charge on any atom is 0.331 e. The van der Waals surface area contributed by atoms with Crippen LogP contribution in [0.25, 0.3) is 0 Å². The molecular weight excluding hydrogens is 256 g/mol. The Kier molecular flexibility index (Phi) is 3.68. The normalized spacial score (nSPS) is 12.0. The van der Waals surface area contributed by atoms with Crippen LogP contribution in [0.1, 0.15) is 10.9 Å². The Bertz CT molecular complexity index is 523. The molecular formula is C10H10N4O3S. The zero-order valence-corrected chi connectivity index (χ0v) is 10.0. The predicted molar refractivity (Wildman–Crippen MR) is 62.9 cm³/mol. The molecule has 0 radical (unpaired) electrons. The second-order valence-corrected chi connectivity index (χ2v) is 4.43. The second kappa shape index (κ2) is 5.41. The van der Waals surface area contributed by atoms with Crippen molar-refractivity contribution in [3.63, 3.8) is 0 Å². The fraction of sp³-hybridized carbons (Fsp3) is 0.200. The largest absolute Gasteiger partial charge is 0.479 e. The molecule has 7 nitrogen and oxygen atoms in total. The summed E-state index contributed by atoms with van der Waals surface area (Å²) >= 11 is 1.28. The maximum atomic E-state index is 11.7. The highest BCUT2D eigenvalue weighted by molar-refractivity contribution is 7.10. The van der Waals surface area contributed by atoms with Crippen molar-refractivity contribution in [1.82, 2.24) is 20.3 Å². The zero-order valence-electron chi connectivity index (χ0n) is 9.18.